The zero-order valence-electron chi connectivity index (χ0n) is 7.05. The van der Waals surface area contributed by atoms with Gasteiger partial charge in [0, 0.05) is 0 Å². The molecule has 0 saturated heterocycles. The van der Waals surface area contributed by atoms with Crippen LogP contribution in [0.4, 0.5) is 0 Å². The summed E-state index contributed by atoms with van der Waals surface area (Å²) in [6.07, 6.45) is 2.01. The zero-order chi connectivity index (χ0) is 6.91. The van der Waals surface area contributed by atoms with Gasteiger partial charge in [-0.3, -0.25) is 0 Å². The van der Waals surface area contributed by atoms with Crippen LogP contribution in [0.1, 0.15) is 0 Å². The van der Waals surface area contributed by atoms with Crippen LogP contribution in [0.2, 0.25) is 13.9 Å². The van der Waals surface area contributed by atoms with Crippen LogP contribution < -0.4 is 3.40 Å². The fourth-order valence-electron chi connectivity index (χ4n) is 0.797. The molecule has 1 rings (SSSR count). The first kappa shape index (κ1) is 14.3. The average Bonchev–Trinajstić information content (AvgIpc) is 2.08. The van der Waals surface area contributed by atoms with Gasteiger partial charge in [0.25, 0.3) is 0 Å². The molecule has 0 atom stereocenters. The van der Waals surface area contributed by atoms with Gasteiger partial charge in [0.2, 0.25) is 0 Å². The monoisotopic (exact) mass is 273 g/mol. The molecule has 0 aromatic carbocycles. The third-order valence-electron chi connectivity index (χ3n) is 1.41. The number of H-pyrrole nitrogens is 1. The van der Waals surface area contributed by atoms with Crippen molar-refractivity contribution >= 4 is 28.2 Å². The Morgan fingerprint density at radius 2 is 1.73 bits per heavy atom. The van der Waals surface area contributed by atoms with Gasteiger partial charge in [-0.1, -0.05) is 0 Å². The van der Waals surface area contributed by atoms with Crippen molar-refractivity contribution in [1.82, 2.24) is 4.98 Å². The molecule has 0 saturated carbocycles. The molecule has 4 heteroatoms. The van der Waals surface area contributed by atoms with Gasteiger partial charge in [-0.2, -0.15) is 0 Å². The number of nitrogens with one attached hydrogen (secondary N) is 1. The van der Waals surface area contributed by atoms with E-state index >= 15 is 0 Å². The first-order valence-corrected chi connectivity index (χ1v) is 11.8. The zero-order valence-corrected chi connectivity index (χ0v) is 11.1. The molecule has 0 amide bonds. The third-order valence-corrected chi connectivity index (χ3v) is 6.14. The van der Waals surface area contributed by atoms with E-state index < -0.39 is 20.3 Å². The molecule has 0 bridgehead atoms. The Labute approximate surface area is 85.2 Å². The molecule has 1 N–H and O–H groups in total. The maximum atomic E-state index is 3.27. The van der Waals surface area contributed by atoms with Crippen molar-refractivity contribution in [2.75, 3.05) is 0 Å². The predicted octanol–water partition coefficient (Wildman–Crippen LogP) is 2.78. The number of rotatable bonds is 1. The van der Waals surface area contributed by atoms with Crippen LogP contribution in [0.3, 0.4) is 0 Å². The molecule has 1 aromatic rings. The van der Waals surface area contributed by atoms with Crippen molar-refractivity contribution in [1.29, 1.82) is 0 Å². The minimum atomic E-state index is -1.70. The van der Waals surface area contributed by atoms with E-state index in [-0.39, 0.29) is 24.8 Å². The fraction of sp³-hybridized carbons (Fsp3) is 0.429. The van der Waals surface area contributed by atoms with Crippen LogP contribution in [0, 0.1) is 0 Å². The van der Waals surface area contributed by atoms with E-state index in [1.54, 1.807) is 0 Å². The van der Waals surface area contributed by atoms with Gasteiger partial charge in [0.1, 0.15) is 0 Å². The molecule has 0 fully saturated rings. The summed E-state index contributed by atoms with van der Waals surface area (Å²) in [6.45, 7) is 0. The summed E-state index contributed by atoms with van der Waals surface area (Å²) < 4.78 is 8.71. The van der Waals surface area contributed by atoms with Gasteiger partial charge in [-0.05, 0) is 0 Å². The van der Waals surface area contributed by atoms with E-state index in [4.69, 9.17) is 0 Å². The Bertz CT molecular complexity index is 179. The summed E-state index contributed by atoms with van der Waals surface area (Å²) in [6, 6.07) is 4.29. The van der Waals surface area contributed by atoms with Crippen molar-refractivity contribution in [3.05, 3.63) is 18.3 Å². The van der Waals surface area contributed by atoms with Crippen LogP contribution in [-0.2, 0) is 20.3 Å². The van der Waals surface area contributed by atoms with Gasteiger partial charge >= 0.3 is 60.9 Å². The minimum absolute atomic E-state index is 0. The van der Waals surface area contributed by atoms with Crippen LogP contribution in [0.5, 0.6) is 0 Å². The molecule has 66 valence electrons. The Balaban J connectivity index is 0. The Kier molecular flexibility index (Phi) is 7.01. The van der Waals surface area contributed by atoms with Crippen LogP contribution in [0.25, 0.3) is 0 Å². The van der Waals surface area contributed by atoms with E-state index in [0.29, 0.717) is 0 Å². The molecule has 1 nitrogen and oxygen atoms in total. The summed E-state index contributed by atoms with van der Waals surface area (Å²) in [4.78, 5) is 3.27. The Morgan fingerprint density at radius 1 is 1.18 bits per heavy atom. The quantitative estimate of drug-likeness (QED) is 0.811. The molecule has 0 aliphatic heterocycles. The molecule has 0 aliphatic carbocycles. The fourth-order valence-corrected chi connectivity index (χ4v) is 3.53. The second-order valence-electron chi connectivity index (χ2n) is 3.33. The summed E-state index contributed by atoms with van der Waals surface area (Å²) in [5.74, 6) is 0. The second kappa shape index (κ2) is 5.40. The number of hydrogen-bond acceptors (Lipinski definition) is 0. The summed E-state index contributed by atoms with van der Waals surface area (Å²) >= 11 is -1.70. The van der Waals surface area contributed by atoms with Gasteiger partial charge in [0.15, 0.2) is 0 Å². The molecule has 1 heterocycles. The Morgan fingerprint density at radius 3 is 1.91 bits per heavy atom. The van der Waals surface area contributed by atoms with Gasteiger partial charge in [-0.25, -0.2) is 0 Å². The van der Waals surface area contributed by atoms with E-state index in [1.165, 1.54) is 3.40 Å². The van der Waals surface area contributed by atoms with Crippen molar-refractivity contribution in [2.45, 2.75) is 13.9 Å². The Hall–Kier alpha value is 0.743. The molecule has 11 heavy (non-hydrogen) atoms. The van der Waals surface area contributed by atoms with Crippen LogP contribution in [-0.4, -0.2) is 4.98 Å². The average molecular weight is 275 g/mol. The van der Waals surface area contributed by atoms with E-state index in [2.05, 4.69) is 31.0 Å². The summed E-state index contributed by atoms with van der Waals surface area (Å²) in [5.41, 5.74) is 0. The summed E-state index contributed by atoms with van der Waals surface area (Å²) in [7, 11) is 0. The van der Waals surface area contributed by atoms with Gasteiger partial charge in [0.05, 0.1) is 0 Å². The van der Waals surface area contributed by atoms with E-state index in [1.807, 2.05) is 6.20 Å². The number of aromatic nitrogens is 1. The van der Waals surface area contributed by atoms with Crippen molar-refractivity contribution in [3.63, 3.8) is 0 Å². The summed E-state index contributed by atoms with van der Waals surface area (Å²) in [5, 5.41) is 0. The number of halogens is 2. The van der Waals surface area contributed by atoms with Crippen molar-refractivity contribution in [2.24, 2.45) is 0 Å². The standard InChI is InChI=1S/C4H4N.3CH3.2ClH.Zr/c1-2-4-5-3-1;;;;;;/h1-3,5H;3*1H3;2*1H;. The van der Waals surface area contributed by atoms with Gasteiger partial charge in [-0.15, -0.1) is 24.8 Å². The molecule has 0 spiro atoms. The van der Waals surface area contributed by atoms with Crippen LogP contribution >= 0.6 is 24.8 Å². The molecule has 0 aliphatic rings. The van der Waals surface area contributed by atoms with E-state index in [9.17, 15) is 0 Å². The molecule has 1 aromatic heterocycles. The number of hydrogen-bond donors (Lipinski definition) is 1. The number of aromatic amines is 1. The van der Waals surface area contributed by atoms with E-state index in [0.717, 1.165) is 0 Å². The topological polar surface area (TPSA) is 15.8 Å². The van der Waals surface area contributed by atoms with Crippen molar-refractivity contribution in [3.8, 4) is 0 Å². The normalized spacial score (nSPS) is 9.73. The molecular formula is C7H15Cl2NZr. The molecular weight excluding hydrogens is 260 g/mol. The SMILES string of the molecule is Cl.Cl.[CH3][Zr]([CH3])([CH3])[c]1ccc[nH]1. The maximum absolute atomic E-state index is 3.27. The second-order valence-corrected chi connectivity index (χ2v) is 15.7. The molecule has 0 unspecified atom stereocenters. The first-order chi connectivity index (χ1) is 4.11. The third kappa shape index (κ3) is 4.35. The first-order valence-electron chi connectivity index (χ1n) is 3.24. The molecule has 0 radical (unpaired) electrons. The van der Waals surface area contributed by atoms with Crippen LogP contribution in [0.15, 0.2) is 18.3 Å². The van der Waals surface area contributed by atoms with Crippen molar-refractivity contribution < 1.29 is 20.3 Å². The van der Waals surface area contributed by atoms with Gasteiger partial charge < -0.3 is 0 Å². The predicted molar refractivity (Wildman–Crippen MR) is 52.5 cm³/mol.